The average Bonchev–Trinajstić information content (AvgIpc) is 3.27. The Hall–Kier alpha value is -2.29. The van der Waals surface area contributed by atoms with Gasteiger partial charge in [-0.05, 0) is 38.1 Å². The molecule has 2 N–H and O–H groups in total. The van der Waals surface area contributed by atoms with Crippen LogP contribution in [0.2, 0.25) is 0 Å². The van der Waals surface area contributed by atoms with Crippen LogP contribution in [0.4, 0.5) is 0 Å². The molecule has 0 saturated carbocycles. The van der Waals surface area contributed by atoms with Gasteiger partial charge in [0.1, 0.15) is 0 Å². The van der Waals surface area contributed by atoms with Crippen LogP contribution in [0.1, 0.15) is 17.0 Å². The van der Waals surface area contributed by atoms with Gasteiger partial charge in [0.25, 0.3) is 0 Å². The van der Waals surface area contributed by atoms with Crippen LogP contribution < -0.4 is 10.6 Å². The standard InChI is InChI=1S/C20H26N6.HI/c1-16-19(17(2)26(24-16)18-9-5-4-6-10-18)15-23-20(21-3)22-11-14-25-12-7-8-13-25;/h4-10,12-13H,11,14-15H2,1-3H3,(H2,21,22,23);1H. The lowest BCUT2D eigenvalue weighted by Gasteiger charge is -2.12. The Kier molecular flexibility index (Phi) is 7.90. The van der Waals surface area contributed by atoms with E-state index in [0.717, 1.165) is 36.1 Å². The summed E-state index contributed by atoms with van der Waals surface area (Å²) < 4.78 is 4.13. The molecule has 2 heterocycles. The Bertz CT molecular complexity index is 852. The predicted molar refractivity (Wildman–Crippen MR) is 121 cm³/mol. The van der Waals surface area contributed by atoms with Crippen LogP contribution in [0.15, 0.2) is 59.9 Å². The molecule has 0 unspecified atom stereocenters. The number of guanidine groups is 1. The van der Waals surface area contributed by atoms with Gasteiger partial charge in [-0.2, -0.15) is 5.10 Å². The molecule has 0 aliphatic carbocycles. The first-order chi connectivity index (χ1) is 12.7. The van der Waals surface area contributed by atoms with Crippen molar-refractivity contribution in [3.8, 4) is 5.69 Å². The normalized spacial score (nSPS) is 11.1. The topological polar surface area (TPSA) is 59.2 Å². The second-order valence-corrected chi connectivity index (χ2v) is 6.17. The van der Waals surface area contributed by atoms with Crippen molar-refractivity contribution in [3.63, 3.8) is 0 Å². The summed E-state index contributed by atoms with van der Waals surface area (Å²) >= 11 is 0. The van der Waals surface area contributed by atoms with Crippen LogP contribution in [0.5, 0.6) is 0 Å². The van der Waals surface area contributed by atoms with E-state index >= 15 is 0 Å². The molecule has 7 heteroatoms. The monoisotopic (exact) mass is 478 g/mol. The highest BCUT2D eigenvalue weighted by atomic mass is 127. The maximum Gasteiger partial charge on any atom is 0.191 e. The van der Waals surface area contributed by atoms with E-state index in [0.29, 0.717) is 6.54 Å². The number of halogens is 1. The number of nitrogens with zero attached hydrogens (tertiary/aromatic N) is 4. The fourth-order valence-electron chi connectivity index (χ4n) is 2.97. The second kappa shape index (κ2) is 10.1. The summed E-state index contributed by atoms with van der Waals surface area (Å²) in [6.07, 6.45) is 4.12. The third kappa shape index (κ3) is 5.35. The zero-order valence-corrected chi connectivity index (χ0v) is 18.3. The van der Waals surface area contributed by atoms with Gasteiger partial charge in [0, 0.05) is 50.3 Å². The van der Waals surface area contributed by atoms with Gasteiger partial charge in [-0.1, -0.05) is 18.2 Å². The number of aliphatic imine (C=N–C) groups is 1. The van der Waals surface area contributed by atoms with E-state index in [2.05, 4.69) is 51.6 Å². The summed E-state index contributed by atoms with van der Waals surface area (Å²) in [4.78, 5) is 4.30. The predicted octanol–water partition coefficient (Wildman–Crippen LogP) is 3.27. The minimum Gasteiger partial charge on any atom is -0.355 e. The Morgan fingerprint density at radius 2 is 1.74 bits per heavy atom. The van der Waals surface area contributed by atoms with Crippen molar-refractivity contribution in [2.45, 2.75) is 26.9 Å². The van der Waals surface area contributed by atoms with E-state index in [-0.39, 0.29) is 24.0 Å². The molecule has 0 bridgehead atoms. The third-order valence-electron chi connectivity index (χ3n) is 4.43. The smallest absolute Gasteiger partial charge is 0.191 e. The van der Waals surface area contributed by atoms with Gasteiger partial charge in [-0.25, -0.2) is 4.68 Å². The third-order valence-corrected chi connectivity index (χ3v) is 4.43. The van der Waals surface area contributed by atoms with Crippen LogP contribution in [0.25, 0.3) is 5.69 Å². The van der Waals surface area contributed by atoms with E-state index in [9.17, 15) is 0 Å². The van der Waals surface area contributed by atoms with Crippen LogP contribution >= 0.6 is 24.0 Å². The highest BCUT2D eigenvalue weighted by molar-refractivity contribution is 14.0. The fraction of sp³-hybridized carbons (Fsp3) is 0.300. The van der Waals surface area contributed by atoms with Gasteiger partial charge < -0.3 is 15.2 Å². The van der Waals surface area contributed by atoms with Crippen molar-refractivity contribution in [3.05, 3.63) is 71.8 Å². The van der Waals surface area contributed by atoms with Crippen LogP contribution in [0, 0.1) is 13.8 Å². The zero-order valence-electron chi connectivity index (χ0n) is 16.0. The van der Waals surface area contributed by atoms with Crippen molar-refractivity contribution in [1.29, 1.82) is 0 Å². The molecule has 0 radical (unpaired) electrons. The SMILES string of the molecule is CN=C(NCCn1cccc1)NCc1c(C)nn(-c2ccccc2)c1C.I. The summed E-state index contributed by atoms with van der Waals surface area (Å²) in [6, 6.07) is 14.3. The van der Waals surface area contributed by atoms with Crippen molar-refractivity contribution in [2.75, 3.05) is 13.6 Å². The van der Waals surface area contributed by atoms with Gasteiger partial charge in [0.15, 0.2) is 5.96 Å². The Balaban J connectivity index is 0.00000261. The molecule has 0 atom stereocenters. The Morgan fingerprint density at radius 3 is 2.41 bits per heavy atom. The number of para-hydroxylation sites is 1. The largest absolute Gasteiger partial charge is 0.355 e. The minimum absolute atomic E-state index is 0. The average molecular weight is 478 g/mol. The van der Waals surface area contributed by atoms with Crippen LogP contribution in [-0.4, -0.2) is 33.9 Å². The summed E-state index contributed by atoms with van der Waals surface area (Å²) in [5.74, 6) is 0.795. The maximum absolute atomic E-state index is 4.69. The Labute approximate surface area is 177 Å². The van der Waals surface area contributed by atoms with Gasteiger partial charge in [0.2, 0.25) is 0 Å². The lowest BCUT2D eigenvalue weighted by molar-refractivity contribution is 0.665. The molecule has 27 heavy (non-hydrogen) atoms. The van der Waals surface area contributed by atoms with Gasteiger partial charge in [-0.3, -0.25) is 4.99 Å². The first-order valence-electron chi connectivity index (χ1n) is 8.85. The lowest BCUT2D eigenvalue weighted by Crippen LogP contribution is -2.38. The first kappa shape index (κ1) is 21.0. The molecule has 144 valence electrons. The molecule has 2 aromatic heterocycles. The van der Waals surface area contributed by atoms with Crippen molar-refractivity contribution in [1.82, 2.24) is 25.0 Å². The van der Waals surface area contributed by atoms with Crippen molar-refractivity contribution in [2.24, 2.45) is 4.99 Å². The number of hydrogen-bond donors (Lipinski definition) is 2. The number of hydrogen-bond acceptors (Lipinski definition) is 2. The van der Waals surface area contributed by atoms with Gasteiger partial charge >= 0.3 is 0 Å². The Morgan fingerprint density at radius 1 is 1.04 bits per heavy atom. The molecular formula is C20H27IN6. The molecule has 0 saturated heterocycles. The molecule has 1 aromatic carbocycles. The molecule has 3 rings (SSSR count). The summed E-state index contributed by atoms with van der Waals surface area (Å²) in [5.41, 5.74) is 4.45. The molecule has 0 amide bonds. The van der Waals surface area contributed by atoms with Crippen molar-refractivity contribution >= 4 is 29.9 Å². The number of benzene rings is 1. The quantitative estimate of drug-likeness (QED) is 0.325. The molecule has 0 spiro atoms. The first-order valence-corrected chi connectivity index (χ1v) is 8.85. The highest BCUT2D eigenvalue weighted by Gasteiger charge is 2.13. The van der Waals surface area contributed by atoms with Gasteiger partial charge in [0.05, 0.1) is 11.4 Å². The lowest BCUT2D eigenvalue weighted by atomic mass is 10.2. The zero-order chi connectivity index (χ0) is 18.4. The molecular weight excluding hydrogens is 451 g/mol. The molecule has 0 aliphatic heterocycles. The summed E-state index contributed by atoms with van der Waals surface area (Å²) in [7, 11) is 1.79. The minimum atomic E-state index is 0. The highest BCUT2D eigenvalue weighted by Crippen LogP contribution is 2.17. The van der Waals surface area contributed by atoms with Crippen LogP contribution in [0.3, 0.4) is 0 Å². The van der Waals surface area contributed by atoms with E-state index in [1.807, 2.05) is 41.9 Å². The number of nitrogens with one attached hydrogen (secondary N) is 2. The molecule has 0 aliphatic rings. The number of aromatic nitrogens is 3. The molecule has 6 nitrogen and oxygen atoms in total. The second-order valence-electron chi connectivity index (χ2n) is 6.17. The maximum atomic E-state index is 4.69. The van der Waals surface area contributed by atoms with E-state index in [1.54, 1.807) is 7.05 Å². The summed E-state index contributed by atoms with van der Waals surface area (Å²) in [6.45, 7) is 6.55. The van der Waals surface area contributed by atoms with E-state index in [1.165, 1.54) is 5.56 Å². The van der Waals surface area contributed by atoms with E-state index < -0.39 is 0 Å². The van der Waals surface area contributed by atoms with E-state index in [4.69, 9.17) is 5.10 Å². The number of aryl methyl sites for hydroxylation is 1. The molecule has 3 aromatic rings. The van der Waals surface area contributed by atoms with Crippen molar-refractivity contribution < 1.29 is 0 Å². The number of rotatable bonds is 6. The van der Waals surface area contributed by atoms with Crippen LogP contribution in [-0.2, 0) is 13.1 Å². The summed E-state index contributed by atoms with van der Waals surface area (Å²) in [5, 5.41) is 11.4. The molecule has 0 fully saturated rings. The fourth-order valence-corrected chi connectivity index (χ4v) is 2.97. The van der Waals surface area contributed by atoms with Gasteiger partial charge in [-0.15, -0.1) is 24.0 Å².